The van der Waals surface area contributed by atoms with Crippen molar-refractivity contribution in [2.75, 3.05) is 0 Å². The molecule has 1 aliphatic carbocycles. The van der Waals surface area contributed by atoms with Crippen LogP contribution in [-0.4, -0.2) is 5.11 Å². The molecule has 0 aliphatic heterocycles. The molecular weight excluding hydrogens is 160 g/mol. The van der Waals surface area contributed by atoms with Crippen molar-refractivity contribution in [3.8, 4) is 0 Å². The summed E-state index contributed by atoms with van der Waals surface area (Å²) < 4.78 is 0. The summed E-state index contributed by atoms with van der Waals surface area (Å²) in [5.74, 6) is 0.610. The fourth-order valence-electron chi connectivity index (χ4n) is 2.15. The van der Waals surface area contributed by atoms with E-state index in [9.17, 15) is 5.11 Å². The second-order valence-corrected chi connectivity index (χ2v) is 4.13. The van der Waals surface area contributed by atoms with Crippen LogP contribution in [0.2, 0.25) is 0 Å². The molecule has 0 saturated carbocycles. The number of benzene rings is 1. The average molecular weight is 176 g/mol. The highest BCUT2D eigenvalue weighted by molar-refractivity contribution is 5.37. The molecule has 1 heteroatoms. The molecule has 0 heterocycles. The Kier molecular flexibility index (Phi) is 2.12. The second-order valence-electron chi connectivity index (χ2n) is 4.13. The summed E-state index contributed by atoms with van der Waals surface area (Å²) >= 11 is 0. The zero-order valence-corrected chi connectivity index (χ0v) is 8.25. The first kappa shape index (κ1) is 8.76. The Hall–Kier alpha value is -0.820. The number of fused-ring (bicyclic) bond motifs is 1. The van der Waals surface area contributed by atoms with E-state index >= 15 is 0 Å². The van der Waals surface area contributed by atoms with E-state index in [-0.39, 0.29) is 6.10 Å². The zero-order valence-electron chi connectivity index (χ0n) is 8.25. The Morgan fingerprint density at radius 1 is 1.23 bits per heavy atom. The molecule has 1 N–H and O–H groups in total. The van der Waals surface area contributed by atoms with E-state index < -0.39 is 0 Å². The molecule has 0 amide bonds. The minimum Gasteiger partial charge on any atom is -0.388 e. The van der Waals surface area contributed by atoms with Crippen molar-refractivity contribution in [3.05, 3.63) is 34.9 Å². The van der Waals surface area contributed by atoms with Crippen LogP contribution in [0.15, 0.2) is 18.2 Å². The molecule has 0 radical (unpaired) electrons. The molecule has 1 nitrogen and oxygen atoms in total. The largest absolute Gasteiger partial charge is 0.388 e. The highest BCUT2D eigenvalue weighted by atomic mass is 16.3. The smallest absolute Gasteiger partial charge is 0.0793 e. The van der Waals surface area contributed by atoms with Gasteiger partial charge in [-0.05, 0) is 36.8 Å². The molecule has 0 spiro atoms. The van der Waals surface area contributed by atoms with Crippen LogP contribution in [0.3, 0.4) is 0 Å². The predicted octanol–water partition coefficient (Wildman–Crippen LogP) is 2.93. The Morgan fingerprint density at radius 3 is 2.77 bits per heavy atom. The molecule has 0 fully saturated rings. The van der Waals surface area contributed by atoms with Gasteiger partial charge in [0.15, 0.2) is 0 Å². The van der Waals surface area contributed by atoms with Crippen molar-refractivity contribution in [3.63, 3.8) is 0 Å². The summed E-state index contributed by atoms with van der Waals surface area (Å²) in [6.07, 6.45) is 1.79. The van der Waals surface area contributed by atoms with Gasteiger partial charge in [-0.2, -0.15) is 0 Å². The summed E-state index contributed by atoms with van der Waals surface area (Å²) in [7, 11) is 0. The minimum absolute atomic E-state index is 0.230. The van der Waals surface area contributed by atoms with Crippen molar-refractivity contribution < 1.29 is 5.11 Å². The van der Waals surface area contributed by atoms with E-state index in [2.05, 4.69) is 32.0 Å². The average Bonchev–Trinajstić information content (AvgIpc) is 2.12. The van der Waals surface area contributed by atoms with Crippen LogP contribution >= 0.6 is 0 Å². The van der Waals surface area contributed by atoms with Crippen molar-refractivity contribution >= 4 is 0 Å². The van der Waals surface area contributed by atoms with E-state index in [0.717, 1.165) is 18.4 Å². The van der Waals surface area contributed by atoms with Gasteiger partial charge in [-0.3, -0.25) is 0 Å². The SMILES string of the molecule is Cc1ccc2c(c1)C(O)CCC2C. The molecule has 1 aromatic carbocycles. The first-order valence-corrected chi connectivity index (χ1v) is 4.97. The summed E-state index contributed by atoms with van der Waals surface area (Å²) in [6.45, 7) is 4.31. The van der Waals surface area contributed by atoms with Crippen molar-refractivity contribution in [2.24, 2.45) is 0 Å². The van der Waals surface area contributed by atoms with Gasteiger partial charge in [0.1, 0.15) is 0 Å². The van der Waals surface area contributed by atoms with Gasteiger partial charge in [-0.1, -0.05) is 30.7 Å². The van der Waals surface area contributed by atoms with E-state index in [1.165, 1.54) is 11.1 Å². The van der Waals surface area contributed by atoms with Gasteiger partial charge in [0, 0.05) is 0 Å². The highest BCUT2D eigenvalue weighted by Crippen LogP contribution is 2.37. The zero-order chi connectivity index (χ0) is 9.42. The first-order valence-electron chi connectivity index (χ1n) is 4.97. The second kappa shape index (κ2) is 3.15. The third-order valence-corrected chi connectivity index (χ3v) is 3.01. The van der Waals surface area contributed by atoms with Gasteiger partial charge in [0.25, 0.3) is 0 Å². The Balaban J connectivity index is 2.50. The van der Waals surface area contributed by atoms with E-state index in [1.807, 2.05) is 0 Å². The number of aliphatic hydroxyl groups excluding tert-OH is 1. The summed E-state index contributed by atoms with van der Waals surface area (Å²) in [4.78, 5) is 0. The van der Waals surface area contributed by atoms with Gasteiger partial charge in [0.05, 0.1) is 6.10 Å². The number of hydrogen-bond acceptors (Lipinski definition) is 1. The molecule has 0 saturated heterocycles. The topological polar surface area (TPSA) is 20.2 Å². The first-order chi connectivity index (χ1) is 6.18. The van der Waals surface area contributed by atoms with Crippen LogP contribution in [-0.2, 0) is 0 Å². The molecule has 2 rings (SSSR count). The summed E-state index contributed by atoms with van der Waals surface area (Å²) in [5.41, 5.74) is 3.73. The molecule has 70 valence electrons. The number of rotatable bonds is 0. The Labute approximate surface area is 79.4 Å². The number of aliphatic hydroxyl groups is 1. The fourth-order valence-corrected chi connectivity index (χ4v) is 2.15. The normalized spacial score (nSPS) is 27.0. The lowest BCUT2D eigenvalue weighted by atomic mass is 9.82. The summed E-state index contributed by atoms with van der Waals surface area (Å²) in [5, 5.41) is 9.80. The molecule has 13 heavy (non-hydrogen) atoms. The maximum atomic E-state index is 9.80. The van der Waals surface area contributed by atoms with Crippen LogP contribution in [0.4, 0.5) is 0 Å². The lowest BCUT2D eigenvalue weighted by molar-refractivity contribution is 0.151. The number of aryl methyl sites for hydroxylation is 1. The molecule has 2 unspecified atom stereocenters. The van der Waals surface area contributed by atoms with Crippen molar-refractivity contribution in [2.45, 2.75) is 38.7 Å². The monoisotopic (exact) mass is 176 g/mol. The van der Waals surface area contributed by atoms with Crippen molar-refractivity contribution in [1.82, 2.24) is 0 Å². The molecule has 0 bridgehead atoms. The predicted molar refractivity (Wildman–Crippen MR) is 53.8 cm³/mol. The fraction of sp³-hybridized carbons (Fsp3) is 0.500. The molecule has 1 aromatic rings. The Bertz CT molecular complexity index is 317. The minimum atomic E-state index is -0.230. The Morgan fingerprint density at radius 2 is 2.00 bits per heavy atom. The maximum absolute atomic E-state index is 9.80. The van der Waals surface area contributed by atoms with Gasteiger partial charge in [-0.25, -0.2) is 0 Å². The van der Waals surface area contributed by atoms with Crippen LogP contribution in [0.1, 0.15) is 48.5 Å². The highest BCUT2D eigenvalue weighted by Gasteiger charge is 2.22. The lowest BCUT2D eigenvalue weighted by Gasteiger charge is -2.26. The van der Waals surface area contributed by atoms with Crippen LogP contribution < -0.4 is 0 Å². The van der Waals surface area contributed by atoms with Crippen LogP contribution in [0.5, 0.6) is 0 Å². The standard InChI is InChI=1S/C12H16O/c1-8-3-5-10-9(2)4-6-12(13)11(10)7-8/h3,5,7,9,12-13H,4,6H2,1-2H3. The number of hydrogen-bond donors (Lipinski definition) is 1. The maximum Gasteiger partial charge on any atom is 0.0793 e. The molecule has 0 aromatic heterocycles. The van der Waals surface area contributed by atoms with Gasteiger partial charge in [0.2, 0.25) is 0 Å². The lowest BCUT2D eigenvalue weighted by Crippen LogP contribution is -2.12. The molecule has 1 aliphatic rings. The van der Waals surface area contributed by atoms with E-state index in [0.29, 0.717) is 5.92 Å². The summed E-state index contributed by atoms with van der Waals surface area (Å²) in [6, 6.07) is 6.42. The van der Waals surface area contributed by atoms with Crippen LogP contribution in [0, 0.1) is 6.92 Å². The van der Waals surface area contributed by atoms with Gasteiger partial charge < -0.3 is 5.11 Å². The quantitative estimate of drug-likeness (QED) is 0.644. The molecule has 2 atom stereocenters. The van der Waals surface area contributed by atoms with Crippen LogP contribution in [0.25, 0.3) is 0 Å². The van der Waals surface area contributed by atoms with E-state index in [1.54, 1.807) is 0 Å². The van der Waals surface area contributed by atoms with Gasteiger partial charge >= 0.3 is 0 Å². The third-order valence-electron chi connectivity index (χ3n) is 3.01. The van der Waals surface area contributed by atoms with Crippen molar-refractivity contribution in [1.29, 1.82) is 0 Å². The molecular formula is C12H16O. The van der Waals surface area contributed by atoms with Gasteiger partial charge in [-0.15, -0.1) is 0 Å². The van der Waals surface area contributed by atoms with E-state index in [4.69, 9.17) is 0 Å². The third kappa shape index (κ3) is 1.49.